The molecule has 0 saturated heterocycles. The molecule has 98 valence electrons. The summed E-state index contributed by atoms with van der Waals surface area (Å²) in [7, 11) is 0. The van der Waals surface area contributed by atoms with Gasteiger partial charge in [0, 0.05) is 11.5 Å². The minimum atomic E-state index is 0. The predicted molar refractivity (Wildman–Crippen MR) is 78.3 cm³/mol. The maximum Gasteiger partial charge on any atom is 1.00 e. The fourth-order valence-corrected chi connectivity index (χ4v) is 1.78. The molecule has 0 aliphatic carbocycles. The first kappa shape index (κ1) is 15.3. The van der Waals surface area contributed by atoms with Gasteiger partial charge >= 0.3 is 18.9 Å². The van der Waals surface area contributed by atoms with Crippen LogP contribution in [0.1, 0.15) is 0 Å². The van der Waals surface area contributed by atoms with E-state index in [9.17, 15) is 0 Å². The van der Waals surface area contributed by atoms with Crippen LogP contribution in [-0.4, -0.2) is 0 Å². The third-order valence-corrected chi connectivity index (χ3v) is 2.68. The normalized spacial score (nSPS) is 9.52. The van der Waals surface area contributed by atoms with Crippen LogP contribution in [-0.2, 0) is 0 Å². The van der Waals surface area contributed by atoms with Gasteiger partial charge in [0.1, 0.15) is 11.5 Å². The fourth-order valence-electron chi connectivity index (χ4n) is 1.78. The quantitative estimate of drug-likeness (QED) is 0.533. The Hall–Kier alpha value is -2.14. The van der Waals surface area contributed by atoms with Crippen molar-refractivity contribution in [3.63, 3.8) is 0 Å². The molecule has 0 radical (unpaired) electrons. The van der Waals surface area contributed by atoms with Crippen LogP contribution in [0.3, 0.4) is 0 Å². The zero-order valence-corrected chi connectivity index (χ0v) is 11.8. The van der Waals surface area contributed by atoms with Crippen LogP contribution >= 0.6 is 0 Å². The van der Waals surface area contributed by atoms with Crippen molar-refractivity contribution in [3.8, 4) is 23.0 Å². The molecule has 0 amide bonds. The number of hydrogen-bond acceptors (Lipinski definition) is 2. The maximum atomic E-state index is 5.72. The Bertz CT molecular complexity index is 612. The van der Waals surface area contributed by atoms with Gasteiger partial charge in [-0.1, -0.05) is 42.5 Å². The van der Waals surface area contributed by atoms with Gasteiger partial charge in [-0.3, -0.25) is 0 Å². The largest absolute Gasteiger partial charge is 1.00 e. The van der Waals surface area contributed by atoms with Gasteiger partial charge < -0.3 is 9.47 Å². The van der Waals surface area contributed by atoms with Gasteiger partial charge in [-0.2, -0.15) is 6.07 Å². The summed E-state index contributed by atoms with van der Waals surface area (Å²) in [6, 6.07) is 27.9. The van der Waals surface area contributed by atoms with Gasteiger partial charge in [-0.25, -0.2) is 0 Å². The van der Waals surface area contributed by atoms with Crippen LogP contribution in [0.5, 0.6) is 23.0 Å². The van der Waals surface area contributed by atoms with Crippen molar-refractivity contribution in [2.75, 3.05) is 0 Å². The SMILES string of the molecule is [Li+].[c-]1c(Oc2ccccc2)cccc1Oc1ccccc1. The van der Waals surface area contributed by atoms with Gasteiger partial charge in [-0.05, 0) is 24.3 Å². The molecule has 0 unspecified atom stereocenters. The zero-order chi connectivity index (χ0) is 13.6. The summed E-state index contributed by atoms with van der Waals surface area (Å²) in [6.07, 6.45) is 0. The Morgan fingerprint density at radius 2 is 0.952 bits per heavy atom. The molecule has 0 aromatic heterocycles. The molecule has 0 saturated carbocycles. The van der Waals surface area contributed by atoms with Crippen LogP contribution in [0.4, 0.5) is 0 Å². The first-order valence-corrected chi connectivity index (χ1v) is 6.38. The minimum Gasteiger partial charge on any atom is -0.483 e. The molecule has 0 heterocycles. The Kier molecular flexibility index (Phi) is 5.51. The fraction of sp³-hybridized carbons (Fsp3) is 0. The van der Waals surface area contributed by atoms with Crippen molar-refractivity contribution < 1.29 is 28.3 Å². The van der Waals surface area contributed by atoms with Gasteiger partial charge in [0.25, 0.3) is 0 Å². The van der Waals surface area contributed by atoms with Gasteiger partial charge in [-0.15, -0.1) is 12.1 Å². The first-order chi connectivity index (χ1) is 9.90. The van der Waals surface area contributed by atoms with Crippen LogP contribution in [0.25, 0.3) is 0 Å². The molecule has 2 nitrogen and oxygen atoms in total. The summed E-state index contributed by atoms with van der Waals surface area (Å²) in [5, 5.41) is 0. The molecule has 0 fully saturated rings. The number of ether oxygens (including phenoxy) is 2. The topological polar surface area (TPSA) is 18.5 Å². The third kappa shape index (κ3) is 4.42. The Balaban J connectivity index is 0.00000161. The molecule has 0 atom stereocenters. The molecule has 0 aliphatic heterocycles. The van der Waals surface area contributed by atoms with E-state index in [0.29, 0.717) is 11.5 Å². The van der Waals surface area contributed by atoms with Crippen LogP contribution in [0.2, 0.25) is 0 Å². The summed E-state index contributed by atoms with van der Waals surface area (Å²) < 4.78 is 11.4. The molecular formula is C18H13LiO2. The predicted octanol–water partition coefficient (Wildman–Crippen LogP) is 2.08. The summed E-state index contributed by atoms with van der Waals surface area (Å²) in [5.41, 5.74) is 0. The van der Waals surface area contributed by atoms with Crippen molar-refractivity contribution >= 4 is 0 Å². The van der Waals surface area contributed by atoms with Gasteiger partial charge in [0.2, 0.25) is 0 Å². The molecule has 0 bridgehead atoms. The van der Waals surface area contributed by atoms with E-state index in [0.717, 1.165) is 11.5 Å². The van der Waals surface area contributed by atoms with Gasteiger partial charge in [0.05, 0.1) is 0 Å². The molecule has 3 aromatic carbocycles. The second kappa shape index (κ2) is 7.59. The van der Waals surface area contributed by atoms with Crippen molar-refractivity contribution in [1.82, 2.24) is 0 Å². The first-order valence-electron chi connectivity index (χ1n) is 6.38. The van der Waals surface area contributed by atoms with Crippen molar-refractivity contribution in [3.05, 3.63) is 84.9 Å². The number of rotatable bonds is 4. The monoisotopic (exact) mass is 268 g/mol. The molecule has 3 aromatic rings. The maximum absolute atomic E-state index is 5.72. The van der Waals surface area contributed by atoms with Crippen molar-refractivity contribution in [2.24, 2.45) is 0 Å². The van der Waals surface area contributed by atoms with E-state index >= 15 is 0 Å². The average molecular weight is 268 g/mol. The average Bonchev–Trinajstić information content (AvgIpc) is 2.50. The standard InChI is InChI=1S/C18H13O2.Li/c1-3-8-15(9-4-1)19-17-12-7-13-18(14-17)20-16-10-5-2-6-11-16;/h1-13H;/q-1;+1. The summed E-state index contributed by atoms with van der Waals surface area (Å²) in [4.78, 5) is 0. The number of benzene rings is 3. The summed E-state index contributed by atoms with van der Waals surface area (Å²) in [5.74, 6) is 2.82. The Labute approximate surface area is 136 Å². The molecule has 0 spiro atoms. The molecule has 0 N–H and O–H groups in total. The van der Waals surface area contributed by atoms with E-state index in [1.54, 1.807) is 0 Å². The van der Waals surface area contributed by atoms with E-state index in [4.69, 9.17) is 9.47 Å². The molecule has 3 rings (SSSR count). The smallest absolute Gasteiger partial charge is 0.483 e. The minimum absolute atomic E-state index is 0. The van der Waals surface area contributed by atoms with E-state index in [1.807, 2.05) is 78.9 Å². The van der Waals surface area contributed by atoms with Crippen LogP contribution in [0.15, 0.2) is 78.9 Å². The number of para-hydroxylation sites is 2. The third-order valence-electron chi connectivity index (χ3n) is 2.68. The number of hydrogen-bond donors (Lipinski definition) is 0. The zero-order valence-electron chi connectivity index (χ0n) is 11.8. The van der Waals surface area contributed by atoms with E-state index in [2.05, 4.69) is 6.07 Å². The van der Waals surface area contributed by atoms with Crippen molar-refractivity contribution in [2.45, 2.75) is 0 Å². The van der Waals surface area contributed by atoms with Crippen LogP contribution in [0, 0.1) is 6.07 Å². The summed E-state index contributed by atoms with van der Waals surface area (Å²) >= 11 is 0. The van der Waals surface area contributed by atoms with E-state index < -0.39 is 0 Å². The molecule has 0 aliphatic rings. The summed E-state index contributed by atoms with van der Waals surface area (Å²) in [6.45, 7) is 0. The van der Waals surface area contributed by atoms with Crippen molar-refractivity contribution in [1.29, 1.82) is 0 Å². The van der Waals surface area contributed by atoms with E-state index in [1.165, 1.54) is 0 Å². The second-order valence-corrected chi connectivity index (χ2v) is 4.21. The van der Waals surface area contributed by atoms with Gasteiger partial charge in [0.15, 0.2) is 0 Å². The van der Waals surface area contributed by atoms with E-state index in [-0.39, 0.29) is 18.9 Å². The molecular weight excluding hydrogens is 255 g/mol. The molecule has 21 heavy (non-hydrogen) atoms. The molecule has 3 heteroatoms. The van der Waals surface area contributed by atoms with Crippen LogP contribution < -0.4 is 28.3 Å². The Morgan fingerprint density at radius 1 is 0.524 bits per heavy atom. The second-order valence-electron chi connectivity index (χ2n) is 4.21. The Morgan fingerprint density at radius 3 is 1.38 bits per heavy atom.